The fourth-order valence-electron chi connectivity index (χ4n) is 2.47. The zero-order valence-corrected chi connectivity index (χ0v) is 12.1. The molecule has 0 saturated carbocycles. The Hall–Kier alpha value is -1.75. The molecule has 2 rings (SSSR count). The quantitative estimate of drug-likeness (QED) is 0.855. The number of hydrogen-bond donors (Lipinski definition) is 1. The predicted octanol–water partition coefficient (Wildman–Crippen LogP) is 1.92. The Morgan fingerprint density at radius 1 is 1.35 bits per heavy atom. The maximum atomic E-state index is 12.5. The van der Waals surface area contributed by atoms with E-state index in [9.17, 15) is 4.79 Å². The summed E-state index contributed by atoms with van der Waals surface area (Å²) >= 11 is 0. The smallest absolute Gasteiger partial charge is 0.254 e. The zero-order valence-electron chi connectivity index (χ0n) is 12.1. The third-order valence-electron chi connectivity index (χ3n) is 3.55. The number of benzene rings is 1. The Labute approximate surface area is 119 Å². The minimum absolute atomic E-state index is 0.00723. The van der Waals surface area contributed by atoms with Gasteiger partial charge in [-0.15, -0.1) is 0 Å². The van der Waals surface area contributed by atoms with Crippen molar-refractivity contribution >= 4 is 11.6 Å². The molecule has 20 heavy (non-hydrogen) atoms. The predicted molar refractivity (Wildman–Crippen MR) is 78.0 cm³/mol. The molecule has 1 aliphatic heterocycles. The van der Waals surface area contributed by atoms with Gasteiger partial charge in [0.15, 0.2) is 0 Å². The number of nitrogens with two attached hydrogens (primary N) is 1. The molecule has 1 aromatic carbocycles. The second-order valence-corrected chi connectivity index (χ2v) is 4.95. The molecule has 0 spiro atoms. The first-order valence-corrected chi connectivity index (χ1v) is 6.99. The van der Waals surface area contributed by atoms with Crippen LogP contribution < -0.4 is 10.5 Å². The van der Waals surface area contributed by atoms with E-state index in [1.165, 1.54) is 0 Å². The largest absolute Gasteiger partial charge is 0.494 e. The molecule has 1 amide bonds. The molecule has 2 N–H and O–H groups in total. The van der Waals surface area contributed by atoms with Crippen molar-refractivity contribution in [2.24, 2.45) is 0 Å². The molecular formula is C15H22N2O3. The Balaban J connectivity index is 2.09. The average Bonchev–Trinajstić information content (AvgIpc) is 2.46. The maximum Gasteiger partial charge on any atom is 0.254 e. The summed E-state index contributed by atoms with van der Waals surface area (Å²) in [5.41, 5.74) is 6.96. The van der Waals surface area contributed by atoms with Crippen molar-refractivity contribution in [3.63, 3.8) is 0 Å². The van der Waals surface area contributed by atoms with Gasteiger partial charge in [-0.05, 0) is 31.9 Å². The van der Waals surface area contributed by atoms with Crippen LogP contribution in [0.4, 0.5) is 5.69 Å². The monoisotopic (exact) mass is 278 g/mol. The van der Waals surface area contributed by atoms with Gasteiger partial charge in [-0.2, -0.15) is 0 Å². The molecule has 1 saturated heterocycles. The van der Waals surface area contributed by atoms with Gasteiger partial charge in [-0.3, -0.25) is 4.79 Å². The lowest BCUT2D eigenvalue weighted by Crippen LogP contribution is -2.40. The second kappa shape index (κ2) is 6.61. The van der Waals surface area contributed by atoms with E-state index in [0.29, 0.717) is 23.6 Å². The second-order valence-electron chi connectivity index (χ2n) is 4.95. The maximum absolute atomic E-state index is 12.5. The number of carbonyl (C=O) groups is 1. The number of hydrogen-bond acceptors (Lipinski definition) is 4. The highest BCUT2D eigenvalue weighted by Crippen LogP contribution is 2.22. The van der Waals surface area contributed by atoms with Crippen molar-refractivity contribution in [3.05, 3.63) is 23.8 Å². The van der Waals surface area contributed by atoms with Crippen LogP contribution >= 0.6 is 0 Å². The number of ether oxygens (including phenoxy) is 2. The molecule has 0 atom stereocenters. The van der Waals surface area contributed by atoms with Gasteiger partial charge in [0.1, 0.15) is 5.75 Å². The number of rotatable bonds is 4. The summed E-state index contributed by atoms with van der Waals surface area (Å²) in [6.45, 7) is 3.89. The third-order valence-corrected chi connectivity index (χ3v) is 3.55. The van der Waals surface area contributed by atoms with Crippen molar-refractivity contribution in [3.8, 4) is 5.75 Å². The van der Waals surface area contributed by atoms with Gasteiger partial charge in [0.05, 0.1) is 12.7 Å². The van der Waals surface area contributed by atoms with Crippen molar-refractivity contribution < 1.29 is 14.3 Å². The highest BCUT2D eigenvalue weighted by Gasteiger charge is 2.23. The molecule has 1 heterocycles. The number of methoxy groups -OCH3 is 1. The highest BCUT2D eigenvalue weighted by molar-refractivity contribution is 5.95. The van der Waals surface area contributed by atoms with Gasteiger partial charge in [-0.1, -0.05) is 0 Å². The minimum atomic E-state index is 0.00723. The normalized spacial score (nSPS) is 16.2. The average molecular weight is 278 g/mol. The number of anilines is 1. The lowest BCUT2D eigenvalue weighted by molar-refractivity contribution is 0.0350. The first-order valence-electron chi connectivity index (χ1n) is 6.99. The molecule has 0 aliphatic carbocycles. The molecule has 5 nitrogen and oxygen atoms in total. The summed E-state index contributed by atoms with van der Waals surface area (Å²) in [6.07, 6.45) is 2.02. The molecule has 110 valence electrons. The minimum Gasteiger partial charge on any atom is -0.494 e. The van der Waals surface area contributed by atoms with Crippen LogP contribution in [0.1, 0.15) is 30.1 Å². The molecule has 1 aromatic rings. The summed E-state index contributed by atoms with van der Waals surface area (Å²) in [4.78, 5) is 14.3. The van der Waals surface area contributed by atoms with Gasteiger partial charge in [0, 0.05) is 37.5 Å². The highest BCUT2D eigenvalue weighted by atomic mass is 16.5. The number of nitrogens with zero attached hydrogens (tertiary/aromatic N) is 1. The number of carbonyl (C=O) groups excluding carboxylic acids is 1. The van der Waals surface area contributed by atoms with Crippen molar-refractivity contribution in [1.29, 1.82) is 0 Å². The van der Waals surface area contributed by atoms with Gasteiger partial charge >= 0.3 is 0 Å². The SMILES string of the molecule is CCOc1cc(N)cc(C(=O)N2CCC(OC)CC2)c1. The van der Waals surface area contributed by atoms with E-state index in [4.69, 9.17) is 15.2 Å². The summed E-state index contributed by atoms with van der Waals surface area (Å²) < 4.78 is 10.7. The fourth-order valence-corrected chi connectivity index (χ4v) is 2.47. The van der Waals surface area contributed by atoms with Gasteiger partial charge in [0.2, 0.25) is 0 Å². The summed E-state index contributed by atoms with van der Waals surface area (Å²) in [6, 6.07) is 5.19. The third kappa shape index (κ3) is 3.42. The zero-order chi connectivity index (χ0) is 14.5. The van der Waals surface area contributed by atoms with Gasteiger partial charge < -0.3 is 20.1 Å². The summed E-state index contributed by atoms with van der Waals surface area (Å²) in [5, 5.41) is 0. The Morgan fingerprint density at radius 2 is 2.05 bits per heavy atom. The first kappa shape index (κ1) is 14.7. The van der Waals surface area contributed by atoms with Crippen molar-refractivity contribution in [2.45, 2.75) is 25.9 Å². The fraction of sp³-hybridized carbons (Fsp3) is 0.533. The molecule has 1 aliphatic rings. The van der Waals surface area contributed by atoms with Crippen LogP contribution in [0.15, 0.2) is 18.2 Å². The summed E-state index contributed by atoms with van der Waals surface area (Å²) in [5.74, 6) is 0.649. The molecule has 1 fully saturated rings. The van der Waals surface area contributed by atoms with Gasteiger partial charge in [-0.25, -0.2) is 0 Å². The Kier molecular flexibility index (Phi) is 4.84. The molecule has 5 heteroatoms. The van der Waals surface area contributed by atoms with E-state index < -0.39 is 0 Å². The van der Waals surface area contributed by atoms with Crippen molar-refractivity contribution in [1.82, 2.24) is 4.90 Å². The van der Waals surface area contributed by atoms with Crippen LogP contribution in [-0.4, -0.2) is 43.7 Å². The Bertz CT molecular complexity index is 468. The lowest BCUT2D eigenvalue weighted by Gasteiger charge is -2.31. The molecule has 0 radical (unpaired) electrons. The van der Waals surface area contributed by atoms with Crippen LogP contribution in [-0.2, 0) is 4.74 Å². The van der Waals surface area contributed by atoms with E-state index in [1.54, 1.807) is 25.3 Å². The van der Waals surface area contributed by atoms with Crippen LogP contribution in [0, 0.1) is 0 Å². The van der Waals surface area contributed by atoms with Gasteiger partial charge in [0.25, 0.3) is 5.91 Å². The lowest BCUT2D eigenvalue weighted by atomic mass is 10.1. The number of piperidine rings is 1. The standard InChI is InChI=1S/C15H22N2O3/c1-3-20-14-9-11(8-12(16)10-14)15(18)17-6-4-13(19-2)5-7-17/h8-10,13H,3-7,16H2,1-2H3. The molecule has 0 aromatic heterocycles. The molecule has 0 unspecified atom stereocenters. The van der Waals surface area contributed by atoms with Crippen molar-refractivity contribution in [2.75, 3.05) is 32.5 Å². The van der Waals surface area contributed by atoms with E-state index in [2.05, 4.69) is 0 Å². The molecular weight excluding hydrogens is 256 g/mol. The summed E-state index contributed by atoms with van der Waals surface area (Å²) in [7, 11) is 1.72. The molecule has 0 bridgehead atoms. The van der Waals surface area contributed by atoms with Crippen LogP contribution in [0.3, 0.4) is 0 Å². The van der Waals surface area contributed by atoms with Crippen LogP contribution in [0.25, 0.3) is 0 Å². The Morgan fingerprint density at radius 3 is 2.65 bits per heavy atom. The van der Waals surface area contributed by atoms with E-state index >= 15 is 0 Å². The van der Waals surface area contributed by atoms with E-state index in [1.807, 2.05) is 11.8 Å². The van der Waals surface area contributed by atoms with E-state index in [-0.39, 0.29) is 12.0 Å². The van der Waals surface area contributed by atoms with Crippen LogP contribution in [0.5, 0.6) is 5.75 Å². The van der Waals surface area contributed by atoms with E-state index in [0.717, 1.165) is 25.9 Å². The topological polar surface area (TPSA) is 64.8 Å². The number of nitrogen functional groups attached to an aromatic ring is 1. The first-order chi connectivity index (χ1) is 9.63. The number of amides is 1. The number of likely N-dealkylation sites (tertiary alicyclic amines) is 1. The van der Waals surface area contributed by atoms with Crippen LogP contribution in [0.2, 0.25) is 0 Å².